The summed E-state index contributed by atoms with van der Waals surface area (Å²) in [6, 6.07) is 46.3. The number of nitrogens with one attached hydrogen (secondary N) is 1. The molecule has 1 amide bonds. The number of Topliss-reactive ketones (excluding diaryl/α,β-unsaturated/α-hetero) is 1. The summed E-state index contributed by atoms with van der Waals surface area (Å²) in [6.45, 7) is 19.7. The van der Waals surface area contributed by atoms with Crippen molar-refractivity contribution in [2.24, 2.45) is 0 Å². The number of benzene rings is 7. The molecule has 0 atom stereocenters. The topological polar surface area (TPSA) is 140 Å². The second-order valence-corrected chi connectivity index (χ2v) is 28.0. The number of nitrogens with zero attached hydrogens (tertiary/aromatic N) is 4. The molecule has 0 aromatic heterocycles. The summed E-state index contributed by atoms with van der Waals surface area (Å²) in [5, 5.41) is 52.5. The van der Waals surface area contributed by atoms with E-state index in [4.69, 9.17) is 0 Å². The molecule has 2 aliphatic rings. The van der Waals surface area contributed by atoms with E-state index in [9.17, 15) is 29.7 Å². The SMILES string of the molecule is C=C(C)C(=O)CCCCN(Cc1ccccc1B(O)O)Cc1c2ccccc2c(CN(CCCNC(=O)C(=C)C)Cc2ccccc2B(O)O)c2ccc(-c3ccc(C4=C5C=CC(=[N+](C)C)C=C5[Si](C)(C)c5cc(N(C)C)ccc54)cc3)cc12. The Morgan fingerprint density at radius 2 is 1.15 bits per heavy atom. The first-order valence-electron chi connectivity index (χ1n) is 29.2. The fraction of sp³-hybridized carbons (Fsp3) is 0.271. The van der Waals surface area contributed by atoms with Crippen LogP contribution in [0.2, 0.25) is 13.1 Å². The molecule has 7 aromatic carbocycles. The molecule has 11 nitrogen and oxygen atoms in total. The molecule has 14 heteroatoms. The van der Waals surface area contributed by atoms with Crippen LogP contribution >= 0.6 is 0 Å². The number of hydrogen-bond donors (Lipinski definition) is 5. The first-order valence-corrected chi connectivity index (χ1v) is 32.2. The van der Waals surface area contributed by atoms with Gasteiger partial charge in [-0.05, 0) is 168 Å². The molecule has 84 heavy (non-hydrogen) atoms. The third kappa shape index (κ3) is 13.5. The number of amides is 1. The summed E-state index contributed by atoms with van der Waals surface area (Å²) in [4.78, 5) is 32.3. The Bertz CT molecular complexity index is 3800. The molecule has 1 aliphatic carbocycles. The van der Waals surface area contributed by atoms with Gasteiger partial charge >= 0.3 is 14.2 Å². The molecule has 1 aliphatic heterocycles. The summed E-state index contributed by atoms with van der Waals surface area (Å²) in [5.41, 5.74) is 15.2. The predicted molar refractivity (Wildman–Crippen MR) is 352 cm³/mol. The lowest BCUT2D eigenvalue weighted by Gasteiger charge is -2.38. The van der Waals surface area contributed by atoms with Crippen molar-refractivity contribution in [3.63, 3.8) is 0 Å². The number of anilines is 1. The van der Waals surface area contributed by atoms with E-state index in [1.807, 2.05) is 36.4 Å². The van der Waals surface area contributed by atoms with E-state index in [2.05, 4.69) is 182 Å². The van der Waals surface area contributed by atoms with Crippen LogP contribution in [0.5, 0.6) is 0 Å². The number of allylic oxidation sites excluding steroid dienone is 6. The normalized spacial score (nSPS) is 13.5. The lowest BCUT2D eigenvalue weighted by atomic mass is 9.77. The summed E-state index contributed by atoms with van der Waals surface area (Å²) >= 11 is 0. The zero-order valence-corrected chi connectivity index (χ0v) is 51.2. The van der Waals surface area contributed by atoms with Gasteiger partial charge in [-0.3, -0.25) is 19.4 Å². The molecule has 430 valence electrons. The van der Waals surface area contributed by atoms with E-state index < -0.39 is 22.3 Å². The van der Waals surface area contributed by atoms with Gasteiger partial charge in [-0.15, -0.1) is 0 Å². The summed E-state index contributed by atoms with van der Waals surface area (Å²) in [6.07, 6.45) is 9.44. The van der Waals surface area contributed by atoms with Crippen LogP contribution in [0, 0.1) is 0 Å². The third-order valence-electron chi connectivity index (χ3n) is 16.8. The lowest BCUT2D eigenvalue weighted by molar-refractivity contribution is -0.462. The fourth-order valence-electron chi connectivity index (χ4n) is 12.1. The number of carbonyl (C=O) groups is 2. The molecule has 0 unspecified atom stereocenters. The monoisotopic (exact) mass is 1140 g/mol. The molecule has 0 saturated carbocycles. The van der Waals surface area contributed by atoms with Crippen molar-refractivity contribution in [2.45, 2.75) is 78.8 Å². The summed E-state index contributed by atoms with van der Waals surface area (Å²) < 4.78 is 2.19. The first kappa shape index (κ1) is 61.0. The van der Waals surface area contributed by atoms with Gasteiger partial charge in [-0.25, -0.2) is 4.58 Å². The van der Waals surface area contributed by atoms with Gasteiger partial charge in [0.05, 0.1) is 0 Å². The summed E-state index contributed by atoms with van der Waals surface area (Å²) in [7, 11) is 2.98. The van der Waals surface area contributed by atoms with Gasteiger partial charge in [-0.1, -0.05) is 142 Å². The molecule has 7 aromatic rings. The number of rotatable bonds is 24. The first-order chi connectivity index (χ1) is 40.2. The Morgan fingerprint density at radius 3 is 1.73 bits per heavy atom. The highest BCUT2D eigenvalue weighted by molar-refractivity contribution is 6.98. The van der Waals surface area contributed by atoms with E-state index >= 15 is 0 Å². The highest BCUT2D eigenvalue weighted by Gasteiger charge is 2.40. The van der Waals surface area contributed by atoms with Gasteiger partial charge in [0, 0.05) is 83.2 Å². The van der Waals surface area contributed by atoms with Gasteiger partial charge in [-0.2, -0.15) is 0 Å². The molecule has 5 N–H and O–H groups in total. The quantitative estimate of drug-likeness (QED) is 0.0132. The zero-order valence-electron chi connectivity index (χ0n) is 50.2. The maximum absolute atomic E-state index is 12.8. The highest BCUT2D eigenvalue weighted by Crippen LogP contribution is 2.43. The number of hydrogen-bond acceptors (Lipinski definition) is 9. The average Bonchev–Trinajstić information content (AvgIpc) is 0.862. The second kappa shape index (κ2) is 26.6. The van der Waals surface area contributed by atoms with E-state index in [-0.39, 0.29) is 11.7 Å². The molecule has 0 fully saturated rings. The van der Waals surface area contributed by atoms with Crippen LogP contribution in [-0.4, -0.2) is 122 Å². The van der Waals surface area contributed by atoms with E-state index in [1.54, 1.807) is 26.0 Å². The van der Waals surface area contributed by atoms with Crippen molar-refractivity contribution < 1.29 is 34.3 Å². The Morgan fingerprint density at radius 1 is 0.607 bits per heavy atom. The van der Waals surface area contributed by atoms with Crippen molar-refractivity contribution >= 4 is 88.6 Å². The Labute approximate surface area is 498 Å². The van der Waals surface area contributed by atoms with E-state index in [0.717, 1.165) is 66.9 Å². The van der Waals surface area contributed by atoms with E-state index in [0.29, 0.717) is 87.1 Å². The minimum Gasteiger partial charge on any atom is -0.423 e. The lowest BCUT2D eigenvalue weighted by Crippen LogP contribution is -2.49. The molecule has 0 bridgehead atoms. The van der Waals surface area contributed by atoms with Crippen LogP contribution in [0.4, 0.5) is 5.69 Å². The van der Waals surface area contributed by atoms with Crippen molar-refractivity contribution in [1.29, 1.82) is 0 Å². The largest absolute Gasteiger partial charge is 0.488 e. The van der Waals surface area contributed by atoms with Crippen LogP contribution in [0.25, 0.3) is 38.2 Å². The Hall–Kier alpha value is -7.52. The van der Waals surface area contributed by atoms with Gasteiger partial charge in [0.15, 0.2) is 11.5 Å². The molecule has 9 rings (SSSR count). The molecule has 1 heterocycles. The Balaban J connectivity index is 1.20. The second-order valence-electron chi connectivity index (χ2n) is 23.7. The van der Waals surface area contributed by atoms with Crippen LogP contribution in [0.3, 0.4) is 0 Å². The van der Waals surface area contributed by atoms with Gasteiger partial charge < -0.3 is 30.3 Å². The number of carbonyl (C=O) groups excluding carboxylic acids is 2. The molecular weight excluding hydrogens is 1060 g/mol. The minimum atomic E-state index is -2.15. The smallest absolute Gasteiger partial charge is 0.423 e. The zero-order chi connectivity index (χ0) is 60.0. The fourth-order valence-corrected chi connectivity index (χ4v) is 15.2. The Kier molecular flexibility index (Phi) is 19.3. The number of fused-ring (bicyclic) bond motifs is 4. The number of unbranched alkanes of at least 4 members (excludes halogenated alkanes) is 1. The maximum atomic E-state index is 12.8. The van der Waals surface area contributed by atoms with Gasteiger partial charge in [0.2, 0.25) is 5.91 Å². The highest BCUT2D eigenvalue weighted by atomic mass is 28.3. The van der Waals surface area contributed by atoms with Crippen molar-refractivity contribution in [3.8, 4) is 11.1 Å². The van der Waals surface area contributed by atoms with Crippen LogP contribution < -0.4 is 26.3 Å². The molecule has 0 spiro atoms. The van der Waals surface area contributed by atoms with E-state index in [1.165, 1.54) is 38.5 Å². The van der Waals surface area contributed by atoms with Crippen LogP contribution in [0.1, 0.15) is 72.9 Å². The third-order valence-corrected chi connectivity index (χ3v) is 20.3. The van der Waals surface area contributed by atoms with Crippen molar-refractivity contribution in [3.05, 3.63) is 220 Å². The minimum absolute atomic E-state index is 0.0555. The van der Waals surface area contributed by atoms with Crippen LogP contribution in [-0.2, 0) is 35.8 Å². The average molecular weight is 1140 g/mol. The molecular formula is C70H80B2N5O6Si+. The maximum Gasteiger partial charge on any atom is 0.488 e. The standard InChI is InChI=1S/C70H79B2N5O6Si/c1-47(2)66(78)26-17-18-38-76(43-52-20-11-15-24-64(52)71(80)81)46-63-57-23-14-13-22-56(57)62(45-77(39-19-37-73-70(79)48(3)4)44-53-21-12-16-25-65(53)72(82)83)58-34-31-51(40-61(58)63)49-27-29-50(30-28-49)69-59-35-32-54(74(5)6)41-67(59)84(9,10)68-42-55(75(7)8)33-36-60(68)69/h11-16,20-25,27-36,40-42,80-83H,1,3,17-19,26,37-39,43-46H2,2,4-10H3/p+1. The predicted octanol–water partition coefficient (Wildman–Crippen LogP) is 8.97. The van der Waals surface area contributed by atoms with Gasteiger partial charge in [0.1, 0.15) is 22.2 Å². The molecule has 0 radical (unpaired) electrons. The van der Waals surface area contributed by atoms with Gasteiger partial charge in [0.25, 0.3) is 0 Å². The van der Waals surface area contributed by atoms with Crippen molar-refractivity contribution in [1.82, 2.24) is 15.1 Å². The van der Waals surface area contributed by atoms with Crippen LogP contribution in [0.15, 0.2) is 187 Å². The number of ketones is 1. The summed E-state index contributed by atoms with van der Waals surface area (Å²) in [5.74, 6) is -0.134. The molecule has 0 saturated heterocycles. The van der Waals surface area contributed by atoms with Crippen molar-refractivity contribution in [2.75, 3.05) is 52.7 Å².